The lowest BCUT2D eigenvalue weighted by Gasteiger charge is -2.25. The number of benzene rings is 1. The lowest BCUT2D eigenvalue weighted by molar-refractivity contribution is 0.0761. The molecule has 1 N–H and O–H groups in total. The van der Waals surface area contributed by atoms with Gasteiger partial charge >= 0.3 is 0 Å². The van der Waals surface area contributed by atoms with Crippen molar-refractivity contribution in [1.82, 2.24) is 4.90 Å². The lowest BCUT2D eigenvalue weighted by Crippen LogP contribution is -2.34. The highest BCUT2D eigenvalue weighted by Gasteiger charge is 2.33. The molecule has 3 nitrogen and oxygen atoms in total. The van der Waals surface area contributed by atoms with E-state index in [0.29, 0.717) is 12.6 Å². The highest BCUT2D eigenvalue weighted by molar-refractivity contribution is 5.97. The van der Waals surface area contributed by atoms with E-state index >= 15 is 0 Å². The SMILES string of the molecule is C=CCN(C(=O)c1cccc2c1CCCN2)C1CC1.Cl. The highest BCUT2D eigenvalue weighted by Crippen LogP contribution is 2.31. The van der Waals surface area contributed by atoms with Crippen molar-refractivity contribution >= 4 is 24.0 Å². The van der Waals surface area contributed by atoms with Crippen LogP contribution in [-0.4, -0.2) is 29.9 Å². The van der Waals surface area contributed by atoms with E-state index in [0.717, 1.165) is 43.5 Å². The minimum Gasteiger partial charge on any atom is -0.385 e. The van der Waals surface area contributed by atoms with Crippen LogP contribution < -0.4 is 5.32 Å². The van der Waals surface area contributed by atoms with Gasteiger partial charge in [0, 0.05) is 30.4 Å². The molecule has 0 atom stereocenters. The largest absolute Gasteiger partial charge is 0.385 e. The molecule has 20 heavy (non-hydrogen) atoms. The number of nitrogens with one attached hydrogen (secondary N) is 1. The van der Waals surface area contributed by atoms with Gasteiger partial charge in [-0.15, -0.1) is 19.0 Å². The van der Waals surface area contributed by atoms with Crippen molar-refractivity contribution in [1.29, 1.82) is 0 Å². The Kier molecular flexibility index (Phi) is 4.71. The summed E-state index contributed by atoms with van der Waals surface area (Å²) in [6, 6.07) is 6.44. The Morgan fingerprint density at radius 1 is 1.45 bits per heavy atom. The lowest BCUT2D eigenvalue weighted by atomic mass is 9.96. The summed E-state index contributed by atoms with van der Waals surface area (Å²) in [6.07, 6.45) is 6.18. The van der Waals surface area contributed by atoms with Crippen LogP contribution in [0.2, 0.25) is 0 Å². The average molecular weight is 293 g/mol. The van der Waals surface area contributed by atoms with Crippen LogP contribution in [0.1, 0.15) is 35.2 Å². The molecule has 4 heteroatoms. The van der Waals surface area contributed by atoms with Crippen molar-refractivity contribution in [2.45, 2.75) is 31.7 Å². The average Bonchev–Trinajstić information content (AvgIpc) is 3.28. The summed E-state index contributed by atoms with van der Waals surface area (Å²) >= 11 is 0. The second-order valence-electron chi connectivity index (χ2n) is 5.34. The van der Waals surface area contributed by atoms with Crippen LogP contribution >= 0.6 is 12.4 Å². The van der Waals surface area contributed by atoms with E-state index in [2.05, 4.69) is 18.0 Å². The first-order valence-electron chi connectivity index (χ1n) is 7.09. The quantitative estimate of drug-likeness (QED) is 0.864. The smallest absolute Gasteiger partial charge is 0.254 e. The molecule has 108 valence electrons. The minimum absolute atomic E-state index is 0. The molecule has 1 aromatic carbocycles. The van der Waals surface area contributed by atoms with Crippen molar-refractivity contribution in [3.05, 3.63) is 42.0 Å². The van der Waals surface area contributed by atoms with E-state index in [4.69, 9.17) is 0 Å². The fraction of sp³-hybridized carbons (Fsp3) is 0.438. The molecule has 2 aliphatic rings. The first-order valence-corrected chi connectivity index (χ1v) is 7.09. The van der Waals surface area contributed by atoms with Gasteiger partial charge < -0.3 is 10.2 Å². The summed E-state index contributed by atoms with van der Waals surface area (Å²) < 4.78 is 0. The van der Waals surface area contributed by atoms with Crippen LogP contribution in [-0.2, 0) is 6.42 Å². The maximum atomic E-state index is 12.7. The van der Waals surface area contributed by atoms with E-state index in [9.17, 15) is 4.79 Å². The Hall–Kier alpha value is -1.48. The van der Waals surface area contributed by atoms with Gasteiger partial charge in [-0.1, -0.05) is 12.1 Å². The highest BCUT2D eigenvalue weighted by atomic mass is 35.5. The molecule has 0 unspecified atom stereocenters. The number of carbonyl (C=O) groups is 1. The molecule has 1 aliphatic carbocycles. The van der Waals surface area contributed by atoms with Gasteiger partial charge in [0.2, 0.25) is 0 Å². The van der Waals surface area contributed by atoms with Crippen LogP contribution in [0.4, 0.5) is 5.69 Å². The van der Waals surface area contributed by atoms with E-state index < -0.39 is 0 Å². The zero-order chi connectivity index (χ0) is 13.2. The monoisotopic (exact) mass is 292 g/mol. The summed E-state index contributed by atoms with van der Waals surface area (Å²) in [5, 5.41) is 3.38. The number of anilines is 1. The van der Waals surface area contributed by atoms with Crippen LogP contribution in [0.3, 0.4) is 0 Å². The Morgan fingerprint density at radius 3 is 2.95 bits per heavy atom. The second kappa shape index (κ2) is 6.31. The van der Waals surface area contributed by atoms with Gasteiger partial charge in [-0.2, -0.15) is 0 Å². The van der Waals surface area contributed by atoms with Crippen LogP contribution in [0, 0.1) is 0 Å². The molecular weight excluding hydrogens is 272 g/mol. The van der Waals surface area contributed by atoms with E-state index in [1.54, 1.807) is 0 Å². The molecule has 1 saturated carbocycles. The Labute approximate surface area is 126 Å². The van der Waals surface area contributed by atoms with E-state index in [1.807, 2.05) is 23.1 Å². The zero-order valence-corrected chi connectivity index (χ0v) is 12.4. The molecule has 0 saturated heterocycles. The maximum absolute atomic E-state index is 12.7. The summed E-state index contributed by atoms with van der Waals surface area (Å²) in [6.45, 7) is 5.42. The van der Waals surface area contributed by atoms with Gasteiger partial charge in [0.25, 0.3) is 5.91 Å². The molecule has 1 heterocycles. The van der Waals surface area contributed by atoms with Crippen LogP contribution in [0.5, 0.6) is 0 Å². The molecule has 0 bridgehead atoms. The minimum atomic E-state index is 0. The van der Waals surface area contributed by atoms with E-state index in [-0.39, 0.29) is 18.3 Å². The predicted molar refractivity (Wildman–Crippen MR) is 84.8 cm³/mol. The molecule has 3 rings (SSSR count). The van der Waals surface area contributed by atoms with Crippen LogP contribution in [0.25, 0.3) is 0 Å². The van der Waals surface area contributed by atoms with Gasteiger partial charge in [-0.3, -0.25) is 4.79 Å². The van der Waals surface area contributed by atoms with Gasteiger partial charge in [0.15, 0.2) is 0 Å². The van der Waals surface area contributed by atoms with Crippen molar-refractivity contribution in [3.8, 4) is 0 Å². The number of halogens is 1. The standard InChI is InChI=1S/C16H20N2O.ClH/c1-2-11-18(12-8-9-12)16(19)14-5-3-7-15-13(14)6-4-10-17-15;/h2-3,5,7,12,17H,1,4,6,8-11H2;1H. The number of hydrogen-bond donors (Lipinski definition) is 1. The first kappa shape index (κ1) is 14.9. The zero-order valence-electron chi connectivity index (χ0n) is 11.6. The van der Waals surface area contributed by atoms with Crippen LogP contribution in [0.15, 0.2) is 30.9 Å². The van der Waals surface area contributed by atoms with Gasteiger partial charge in [-0.05, 0) is 43.4 Å². The molecular formula is C16H21ClN2O. The van der Waals surface area contributed by atoms with Crippen molar-refractivity contribution in [2.75, 3.05) is 18.4 Å². The fourth-order valence-electron chi connectivity index (χ4n) is 2.79. The Morgan fingerprint density at radius 2 is 2.25 bits per heavy atom. The van der Waals surface area contributed by atoms with Gasteiger partial charge in [0.1, 0.15) is 0 Å². The molecule has 1 amide bonds. The molecule has 1 aliphatic heterocycles. The normalized spacial score (nSPS) is 16.4. The number of fused-ring (bicyclic) bond motifs is 1. The number of carbonyl (C=O) groups excluding carboxylic acids is 1. The fourth-order valence-corrected chi connectivity index (χ4v) is 2.79. The molecule has 1 fully saturated rings. The second-order valence-corrected chi connectivity index (χ2v) is 5.34. The predicted octanol–water partition coefficient (Wildman–Crippen LogP) is 3.26. The summed E-state index contributed by atoms with van der Waals surface area (Å²) in [7, 11) is 0. The maximum Gasteiger partial charge on any atom is 0.254 e. The number of nitrogens with zero attached hydrogens (tertiary/aromatic N) is 1. The first-order chi connectivity index (χ1) is 9.31. The number of amides is 1. The summed E-state index contributed by atoms with van der Waals surface area (Å²) in [4.78, 5) is 14.7. The molecule has 0 aromatic heterocycles. The molecule has 1 aromatic rings. The van der Waals surface area contributed by atoms with Crippen molar-refractivity contribution in [2.24, 2.45) is 0 Å². The molecule has 0 radical (unpaired) electrons. The van der Waals surface area contributed by atoms with Crippen molar-refractivity contribution in [3.63, 3.8) is 0 Å². The Balaban J connectivity index is 0.00000147. The third kappa shape index (κ3) is 2.83. The molecule has 0 spiro atoms. The van der Waals surface area contributed by atoms with Gasteiger partial charge in [0.05, 0.1) is 0 Å². The number of rotatable bonds is 4. The summed E-state index contributed by atoms with van der Waals surface area (Å²) in [5.41, 5.74) is 3.19. The third-order valence-corrected chi connectivity index (χ3v) is 3.90. The number of hydrogen-bond acceptors (Lipinski definition) is 2. The summed E-state index contributed by atoms with van der Waals surface area (Å²) in [5.74, 6) is 0.169. The van der Waals surface area contributed by atoms with Gasteiger partial charge in [-0.25, -0.2) is 0 Å². The Bertz CT molecular complexity index is 511. The third-order valence-electron chi connectivity index (χ3n) is 3.90. The van der Waals surface area contributed by atoms with E-state index in [1.165, 1.54) is 5.56 Å². The van der Waals surface area contributed by atoms with Crippen molar-refractivity contribution < 1.29 is 4.79 Å². The topological polar surface area (TPSA) is 32.3 Å².